The normalized spacial score (nSPS) is 19.3. The van der Waals surface area contributed by atoms with E-state index < -0.39 is 0 Å². The Morgan fingerprint density at radius 3 is 1.74 bits per heavy atom. The standard InChI is InChI=1S/C26H23N/c1-4-20-24(5-2)27(3)25-17-11-10-16-23(25)26(20)21-14-8-6-12-18(21)19-13-7-9-15-22(19)26/h4-17H,1-3H3/b20-4+,24-5+. The molecule has 0 saturated heterocycles. The van der Waals surface area contributed by atoms with E-state index in [1.54, 1.807) is 0 Å². The van der Waals surface area contributed by atoms with Crippen molar-refractivity contribution in [2.75, 3.05) is 11.9 Å². The lowest BCUT2D eigenvalue weighted by atomic mass is 9.63. The zero-order valence-corrected chi connectivity index (χ0v) is 16.0. The van der Waals surface area contributed by atoms with Crippen molar-refractivity contribution in [1.82, 2.24) is 0 Å². The van der Waals surface area contributed by atoms with E-state index in [1.165, 1.54) is 44.8 Å². The Kier molecular flexibility index (Phi) is 3.42. The summed E-state index contributed by atoms with van der Waals surface area (Å²) in [6.45, 7) is 4.32. The van der Waals surface area contributed by atoms with E-state index >= 15 is 0 Å². The smallest absolute Gasteiger partial charge is 0.0750 e. The SMILES string of the molecule is C/C=C1\C(=C/C)N(C)c2ccccc2C12c1ccccc1-c1ccccc12. The Labute approximate surface area is 161 Å². The molecule has 0 N–H and O–H groups in total. The van der Waals surface area contributed by atoms with Crippen LogP contribution in [-0.4, -0.2) is 7.05 Å². The summed E-state index contributed by atoms with van der Waals surface area (Å²) < 4.78 is 0. The van der Waals surface area contributed by atoms with Gasteiger partial charge < -0.3 is 4.90 Å². The molecule has 0 fully saturated rings. The van der Waals surface area contributed by atoms with Crippen LogP contribution in [0.25, 0.3) is 11.1 Å². The topological polar surface area (TPSA) is 3.24 Å². The molecule has 1 heterocycles. The van der Waals surface area contributed by atoms with E-state index in [0.717, 1.165) is 0 Å². The summed E-state index contributed by atoms with van der Waals surface area (Å²) in [5, 5.41) is 0. The number of hydrogen-bond acceptors (Lipinski definition) is 1. The maximum atomic E-state index is 2.33. The Bertz CT molecular complexity index is 1070. The number of fused-ring (bicyclic) bond motifs is 7. The van der Waals surface area contributed by atoms with E-state index in [1.807, 2.05) is 0 Å². The van der Waals surface area contributed by atoms with Crippen molar-refractivity contribution in [2.24, 2.45) is 0 Å². The Hall–Kier alpha value is -3.06. The highest BCUT2D eigenvalue weighted by Crippen LogP contribution is 2.61. The summed E-state index contributed by atoms with van der Waals surface area (Å²) in [5.41, 5.74) is 10.5. The van der Waals surface area contributed by atoms with Crippen LogP contribution in [0, 0.1) is 0 Å². The summed E-state index contributed by atoms with van der Waals surface area (Å²) in [7, 11) is 2.18. The first-order valence-corrected chi connectivity index (χ1v) is 9.61. The van der Waals surface area contributed by atoms with Gasteiger partial charge in [0.15, 0.2) is 0 Å². The molecule has 27 heavy (non-hydrogen) atoms. The van der Waals surface area contributed by atoms with Crippen molar-refractivity contribution in [3.8, 4) is 11.1 Å². The Morgan fingerprint density at radius 1 is 0.667 bits per heavy atom. The molecule has 1 heteroatoms. The number of hydrogen-bond donors (Lipinski definition) is 0. The highest BCUT2D eigenvalue weighted by molar-refractivity contribution is 5.91. The molecule has 1 aliphatic heterocycles. The first-order chi connectivity index (χ1) is 13.2. The van der Waals surface area contributed by atoms with Crippen LogP contribution in [0.2, 0.25) is 0 Å². The van der Waals surface area contributed by atoms with Crippen molar-refractivity contribution in [3.05, 3.63) is 113 Å². The fraction of sp³-hybridized carbons (Fsp3) is 0.154. The molecule has 3 aromatic rings. The van der Waals surface area contributed by atoms with E-state index in [2.05, 4.69) is 111 Å². The number of anilines is 1. The van der Waals surface area contributed by atoms with Gasteiger partial charge in [-0.3, -0.25) is 0 Å². The minimum absolute atomic E-state index is 0.257. The minimum atomic E-state index is -0.257. The highest BCUT2D eigenvalue weighted by Gasteiger charge is 2.51. The number of para-hydroxylation sites is 1. The minimum Gasteiger partial charge on any atom is -0.344 e. The van der Waals surface area contributed by atoms with Gasteiger partial charge >= 0.3 is 0 Å². The van der Waals surface area contributed by atoms with Crippen LogP contribution in [0.15, 0.2) is 96.2 Å². The van der Waals surface area contributed by atoms with Gasteiger partial charge in [-0.15, -0.1) is 0 Å². The van der Waals surface area contributed by atoms with Gasteiger partial charge in [0.05, 0.1) is 5.41 Å². The third kappa shape index (κ3) is 1.84. The van der Waals surface area contributed by atoms with Crippen LogP contribution in [0.1, 0.15) is 30.5 Å². The van der Waals surface area contributed by atoms with Gasteiger partial charge in [0.2, 0.25) is 0 Å². The number of benzene rings is 3. The first kappa shape index (κ1) is 16.1. The number of likely N-dealkylation sites (N-methyl/N-ethyl adjacent to an activating group) is 1. The third-order valence-electron chi connectivity index (χ3n) is 6.23. The quantitative estimate of drug-likeness (QED) is 0.460. The average molecular weight is 349 g/mol. The monoisotopic (exact) mass is 349 g/mol. The van der Waals surface area contributed by atoms with Crippen LogP contribution in [-0.2, 0) is 5.41 Å². The predicted molar refractivity (Wildman–Crippen MR) is 114 cm³/mol. The van der Waals surface area contributed by atoms with Crippen molar-refractivity contribution < 1.29 is 0 Å². The maximum Gasteiger partial charge on any atom is 0.0750 e. The predicted octanol–water partition coefficient (Wildman–Crippen LogP) is 6.30. The van der Waals surface area contributed by atoms with Gasteiger partial charge in [0.1, 0.15) is 0 Å². The molecular weight excluding hydrogens is 326 g/mol. The van der Waals surface area contributed by atoms with Gasteiger partial charge in [0, 0.05) is 18.4 Å². The molecule has 0 radical (unpaired) electrons. The molecule has 0 saturated carbocycles. The zero-order chi connectivity index (χ0) is 18.6. The van der Waals surface area contributed by atoms with Crippen LogP contribution in [0.5, 0.6) is 0 Å². The van der Waals surface area contributed by atoms with E-state index in [4.69, 9.17) is 0 Å². The lowest BCUT2D eigenvalue weighted by molar-refractivity contribution is 0.717. The molecule has 1 spiro atoms. The van der Waals surface area contributed by atoms with Gasteiger partial charge in [0.25, 0.3) is 0 Å². The molecule has 0 bridgehead atoms. The maximum absolute atomic E-state index is 2.33. The summed E-state index contributed by atoms with van der Waals surface area (Å²) >= 11 is 0. The second-order valence-electron chi connectivity index (χ2n) is 7.29. The molecular formula is C26H23N. The summed E-state index contributed by atoms with van der Waals surface area (Å²) in [5.74, 6) is 0. The Balaban J connectivity index is 2.03. The lowest BCUT2D eigenvalue weighted by Crippen LogP contribution is -2.40. The molecule has 0 unspecified atom stereocenters. The van der Waals surface area contributed by atoms with E-state index in [-0.39, 0.29) is 5.41 Å². The van der Waals surface area contributed by atoms with Crippen LogP contribution >= 0.6 is 0 Å². The lowest BCUT2D eigenvalue weighted by Gasteiger charge is -2.46. The van der Waals surface area contributed by atoms with Crippen LogP contribution in [0.4, 0.5) is 5.69 Å². The molecule has 0 aromatic heterocycles. The molecule has 2 aliphatic rings. The summed E-state index contributed by atoms with van der Waals surface area (Å²) in [6.07, 6.45) is 4.55. The second-order valence-corrected chi connectivity index (χ2v) is 7.29. The zero-order valence-electron chi connectivity index (χ0n) is 16.0. The van der Waals surface area contributed by atoms with Gasteiger partial charge in [-0.05, 0) is 53.3 Å². The number of rotatable bonds is 0. The van der Waals surface area contributed by atoms with Crippen molar-refractivity contribution in [1.29, 1.82) is 0 Å². The molecule has 5 rings (SSSR count). The molecule has 0 amide bonds. The molecule has 1 aliphatic carbocycles. The van der Waals surface area contributed by atoms with Crippen LogP contribution in [0.3, 0.4) is 0 Å². The first-order valence-electron chi connectivity index (χ1n) is 9.61. The summed E-state index contributed by atoms with van der Waals surface area (Å²) in [6, 6.07) is 26.7. The fourth-order valence-electron chi connectivity index (χ4n) is 5.26. The second kappa shape index (κ2) is 5.72. The highest BCUT2D eigenvalue weighted by atomic mass is 15.1. The molecule has 0 atom stereocenters. The Morgan fingerprint density at radius 2 is 1.19 bits per heavy atom. The number of nitrogens with zero attached hydrogens (tertiary/aromatic N) is 1. The van der Waals surface area contributed by atoms with E-state index in [0.29, 0.717) is 0 Å². The third-order valence-corrected chi connectivity index (χ3v) is 6.23. The van der Waals surface area contributed by atoms with Crippen LogP contribution < -0.4 is 4.90 Å². The van der Waals surface area contributed by atoms with Gasteiger partial charge in [-0.25, -0.2) is 0 Å². The molecule has 132 valence electrons. The van der Waals surface area contributed by atoms with Gasteiger partial charge in [-0.1, -0.05) is 78.9 Å². The average Bonchev–Trinajstić information content (AvgIpc) is 3.02. The fourth-order valence-corrected chi connectivity index (χ4v) is 5.26. The van der Waals surface area contributed by atoms with Gasteiger partial charge in [-0.2, -0.15) is 0 Å². The molecule has 3 aromatic carbocycles. The van der Waals surface area contributed by atoms with Crippen molar-refractivity contribution in [3.63, 3.8) is 0 Å². The van der Waals surface area contributed by atoms with Crippen molar-refractivity contribution in [2.45, 2.75) is 19.3 Å². The largest absolute Gasteiger partial charge is 0.344 e. The summed E-state index contributed by atoms with van der Waals surface area (Å²) in [4.78, 5) is 2.33. The number of allylic oxidation sites excluding steroid dienone is 3. The van der Waals surface area contributed by atoms with Crippen molar-refractivity contribution >= 4 is 5.69 Å². The van der Waals surface area contributed by atoms with E-state index in [9.17, 15) is 0 Å². The molecule has 1 nitrogen and oxygen atoms in total.